The van der Waals surface area contributed by atoms with Crippen molar-refractivity contribution in [2.45, 2.75) is 34.2 Å². The van der Waals surface area contributed by atoms with Crippen LogP contribution in [-0.4, -0.2) is 15.9 Å². The molecule has 2 aromatic carbocycles. The highest BCUT2D eigenvalue weighted by Crippen LogP contribution is 2.33. The predicted molar refractivity (Wildman–Crippen MR) is 120 cm³/mol. The molecule has 2 heterocycles. The summed E-state index contributed by atoms with van der Waals surface area (Å²) in [6.07, 6.45) is 3.54. The molecule has 0 bridgehead atoms. The monoisotopic (exact) mass is 401 g/mol. The minimum Gasteiger partial charge on any atom is -0.279 e. The quantitative estimate of drug-likeness (QED) is 0.436. The second-order valence-corrected chi connectivity index (χ2v) is 8.53. The first-order chi connectivity index (χ1) is 13.9. The standard InChI is InChI=1S/C24H23N3OS/c1-15-8-16(2)11-20(10-15)23(28)27(14-19-6-5-7-25-13-19)24-26-21-12-17(3)9-18(4)22(21)29-24/h5-13H,14H2,1-4H3. The number of anilines is 1. The van der Waals surface area contributed by atoms with E-state index in [1.165, 1.54) is 11.1 Å². The number of hydrogen-bond acceptors (Lipinski definition) is 4. The van der Waals surface area contributed by atoms with E-state index in [-0.39, 0.29) is 5.91 Å². The van der Waals surface area contributed by atoms with Crippen molar-refractivity contribution in [3.63, 3.8) is 0 Å². The summed E-state index contributed by atoms with van der Waals surface area (Å²) in [6, 6.07) is 14.1. The number of carbonyl (C=O) groups is 1. The second-order valence-electron chi connectivity index (χ2n) is 7.56. The van der Waals surface area contributed by atoms with Gasteiger partial charge in [-0.3, -0.25) is 14.7 Å². The Balaban J connectivity index is 1.82. The lowest BCUT2D eigenvalue weighted by molar-refractivity contribution is 0.0985. The molecule has 0 unspecified atom stereocenters. The zero-order valence-corrected chi connectivity index (χ0v) is 17.9. The van der Waals surface area contributed by atoms with Gasteiger partial charge in [0, 0.05) is 18.0 Å². The number of pyridine rings is 1. The van der Waals surface area contributed by atoms with Crippen molar-refractivity contribution in [2.75, 3.05) is 4.90 Å². The Morgan fingerprint density at radius 1 is 1.00 bits per heavy atom. The minimum absolute atomic E-state index is 0.0471. The maximum atomic E-state index is 13.6. The summed E-state index contributed by atoms with van der Waals surface area (Å²) >= 11 is 1.56. The van der Waals surface area contributed by atoms with Crippen LogP contribution < -0.4 is 4.90 Å². The lowest BCUT2D eigenvalue weighted by atomic mass is 10.1. The highest BCUT2D eigenvalue weighted by molar-refractivity contribution is 7.22. The van der Waals surface area contributed by atoms with Crippen molar-refractivity contribution >= 4 is 32.6 Å². The molecule has 0 radical (unpaired) electrons. The Morgan fingerprint density at radius 2 is 1.72 bits per heavy atom. The third-order valence-corrected chi connectivity index (χ3v) is 6.05. The third-order valence-electron chi connectivity index (χ3n) is 4.82. The van der Waals surface area contributed by atoms with Crippen molar-refractivity contribution in [1.82, 2.24) is 9.97 Å². The van der Waals surface area contributed by atoms with E-state index < -0.39 is 0 Å². The summed E-state index contributed by atoms with van der Waals surface area (Å²) < 4.78 is 1.12. The van der Waals surface area contributed by atoms with Gasteiger partial charge in [-0.2, -0.15) is 0 Å². The molecule has 4 rings (SSSR count). The number of rotatable bonds is 4. The number of hydrogen-bond donors (Lipinski definition) is 0. The van der Waals surface area contributed by atoms with Crippen LogP contribution in [0.2, 0.25) is 0 Å². The smallest absolute Gasteiger partial charge is 0.260 e. The molecule has 29 heavy (non-hydrogen) atoms. The Kier molecular flexibility index (Phi) is 5.16. The summed E-state index contributed by atoms with van der Waals surface area (Å²) in [6.45, 7) is 8.61. The van der Waals surface area contributed by atoms with Gasteiger partial charge in [0.15, 0.2) is 5.13 Å². The number of carbonyl (C=O) groups excluding carboxylic acids is 1. The van der Waals surface area contributed by atoms with Crippen LogP contribution in [-0.2, 0) is 6.54 Å². The van der Waals surface area contributed by atoms with E-state index in [4.69, 9.17) is 4.98 Å². The summed E-state index contributed by atoms with van der Waals surface area (Å²) in [5.74, 6) is -0.0471. The van der Waals surface area contributed by atoms with E-state index in [9.17, 15) is 4.79 Å². The van der Waals surface area contributed by atoms with E-state index in [1.807, 2.05) is 38.1 Å². The van der Waals surface area contributed by atoms with Crippen LogP contribution >= 0.6 is 11.3 Å². The molecule has 0 aliphatic carbocycles. The molecule has 0 spiro atoms. The van der Waals surface area contributed by atoms with Gasteiger partial charge in [-0.05, 0) is 68.7 Å². The van der Waals surface area contributed by atoms with Gasteiger partial charge >= 0.3 is 0 Å². The molecule has 0 atom stereocenters. The Morgan fingerprint density at radius 3 is 2.41 bits per heavy atom. The topological polar surface area (TPSA) is 46.1 Å². The SMILES string of the molecule is Cc1cc(C)cc(C(=O)N(Cc2cccnc2)c2nc3cc(C)cc(C)c3s2)c1. The molecule has 5 heteroatoms. The van der Waals surface area contributed by atoms with E-state index in [0.717, 1.165) is 26.9 Å². The second kappa shape index (κ2) is 7.76. The van der Waals surface area contributed by atoms with Crippen LogP contribution in [0.4, 0.5) is 5.13 Å². The van der Waals surface area contributed by atoms with Gasteiger partial charge in [0.25, 0.3) is 5.91 Å². The molecular formula is C24H23N3OS. The third kappa shape index (κ3) is 4.05. The molecule has 4 nitrogen and oxygen atoms in total. The zero-order valence-electron chi connectivity index (χ0n) is 17.1. The fraction of sp³-hybridized carbons (Fsp3) is 0.208. The molecule has 4 aromatic rings. The fourth-order valence-corrected chi connectivity index (χ4v) is 4.65. The summed E-state index contributed by atoms with van der Waals surface area (Å²) in [4.78, 5) is 24.4. The molecule has 0 saturated carbocycles. The van der Waals surface area contributed by atoms with E-state index in [0.29, 0.717) is 17.2 Å². The van der Waals surface area contributed by atoms with Gasteiger partial charge in [-0.25, -0.2) is 4.98 Å². The normalized spacial score (nSPS) is 11.0. The highest BCUT2D eigenvalue weighted by Gasteiger charge is 2.23. The van der Waals surface area contributed by atoms with Crippen LogP contribution in [0, 0.1) is 27.7 Å². The Bertz CT molecular complexity index is 1180. The van der Waals surface area contributed by atoms with Crippen LogP contribution in [0.5, 0.6) is 0 Å². The van der Waals surface area contributed by atoms with Crippen molar-refractivity contribution in [3.05, 3.63) is 88.2 Å². The molecule has 1 amide bonds. The zero-order chi connectivity index (χ0) is 20.5. The Labute approximate surface area is 174 Å². The molecule has 0 saturated heterocycles. The predicted octanol–water partition coefficient (Wildman–Crippen LogP) is 5.77. The van der Waals surface area contributed by atoms with Crippen molar-refractivity contribution in [3.8, 4) is 0 Å². The van der Waals surface area contributed by atoms with Gasteiger partial charge in [0.05, 0.1) is 16.8 Å². The first-order valence-electron chi connectivity index (χ1n) is 9.57. The van der Waals surface area contributed by atoms with Crippen LogP contribution in [0.25, 0.3) is 10.2 Å². The number of nitrogens with zero attached hydrogens (tertiary/aromatic N) is 3. The van der Waals surface area contributed by atoms with Crippen molar-refractivity contribution in [1.29, 1.82) is 0 Å². The van der Waals surface area contributed by atoms with Crippen LogP contribution in [0.1, 0.15) is 38.2 Å². The number of amides is 1. The van der Waals surface area contributed by atoms with E-state index >= 15 is 0 Å². The largest absolute Gasteiger partial charge is 0.279 e. The van der Waals surface area contributed by atoms with Crippen LogP contribution in [0.15, 0.2) is 54.9 Å². The first-order valence-corrected chi connectivity index (χ1v) is 10.4. The van der Waals surface area contributed by atoms with Gasteiger partial charge in [-0.15, -0.1) is 0 Å². The lowest BCUT2D eigenvalue weighted by Gasteiger charge is -2.20. The van der Waals surface area contributed by atoms with Crippen molar-refractivity contribution in [2.24, 2.45) is 0 Å². The molecule has 146 valence electrons. The fourth-order valence-electron chi connectivity index (χ4n) is 3.63. The molecule has 0 N–H and O–H groups in total. The number of fused-ring (bicyclic) bond motifs is 1. The average Bonchev–Trinajstić information content (AvgIpc) is 3.09. The van der Waals surface area contributed by atoms with Gasteiger partial charge in [-0.1, -0.05) is 40.7 Å². The number of benzene rings is 2. The van der Waals surface area contributed by atoms with E-state index in [2.05, 4.69) is 37.0 Å². The maximum Gasteiger partial charge on any atom is 0.260 e. The minimum atomic E-state index is -0.0471. The van der Waals surface area contributed by atoms with Gasteiger partial charge < -0.3 is 0 Å². The van der Waals surface area contributed by atoms with E-state index in [1.54, 1.807) is 28.6 Å². The maximum absolute atomic E-state index is 13.6. The average molecular weight is 402 g/mol. The molecule has 0 aliphatic rings. The van der Waals surface area contributed by atoms with Gasteiger partial charge in [0.1, 0.15) is 0 Å². The number of aryl methyl sites for hydroxylation is 4. The molecule has 2 aromatic heterocycles. The summed E-state index contributed by atoms with van der Waals surface area (Å²) in [5.41, 5.74) is 7.09. The Hall–Kier alpha value is -3.05. The molecule has 0 fully saturated rings. The summed E-state index contributed by atoms with van der Waals surface area (Å²) in [5, 5.41) is 0.710. The summed E-state index contributed by atoms with van der Waals surface area (Å²) in [7, 11) is 0. The number of aromatic nitrogens is 2. The number of thiazole rings is 1. The van der Waals surface area contributed by atoms with Crippen LogP contribution in [0.3, 0.4) is 0 Å². The highest BCUT2D eigenvalue weighted by atomic mass is 32.1. The molecular weight excluding hydrogens is 378 g/mol. The van der Waals surface area contributed by atoms with Crippen molar-refractivity contribution < 1.29 is 4.79 Å². The lowest BCUT2D eigenvalue weighted by Crippen LogP contribution is -2.30. The van der Waals surface area contributed by atoms with Gasteiger partial charge in [0.2, 0.25) is 0 Å². The molecule has 0 aliphatic heterocycles. The first kappa shape index (κ1) is 19.3.